The Kier molecular flexibility index (Phi) is 5.50. The van der Waals surface area contributed by atoms with Gasteiger partial charge in [0.15, 0.2) is 0 Å². The highest BCUT2D eigenvalue weighted by atomic mass is 35.5. The van der Waals surface area contributed by atoms with Crippen LogP contribution in [0.2, 0.25) is 5.02 Å². The topological polar surface area (TPSA) is 83.1 Å². The molecule has 0 saturated carbocycles. The van der Waals surface area contributed by atoms with E-state index in [0.717, 1.165) is 41.4 Å². The summed E-state index contributed by atoms with van der Waals surface area (Å²) in [5, 5.41) is 13.8. The number of nitrogens with zero attached hydrogens (tertiary/aromatic N) is 2. The number of halogens is 1. The number of methoxy groups -OCH3 is 1. The van der Waals surface area contributed by atoms with Gasteiger partial charge in [-0.1, -0.05) is 11.6 Å². The van der Waals surface area contributed by atoms with Gasteiger partial charge < -0.3 is 20.1 Å². The summed E-state index contributed by atoms with van der Waals surface area (Å²) in [5.41, 5.74) is 2.59. The molecule has 0 bridgehead atoms. The number of aromatic amines is 1. The van der Waals surface area contributed by atoms with Crippen LogP contribution in [0.5, 0.6) is 5.88 Å². The van der Waals surface area contributed by atoms with Crippen LogP contribution >= 0.6 is 11.6 Å². The molecule has 2 aromatic heterocycles. The molecular formula is C17H21ClN4O2. The number of rotatable bonds is 1. The fourth-order valence-electron chi connectivity index (χ4n) is 2.80. The lowest BCUT2D eigenvalue weighted by molar-refractivity contribution is 0.168. The lowest BCUT2D eigenvalue weighted by atomic mass is 10.2. The first-order valence-corrected chi connectivity index (χ1v) is 8.41. The molecule has 1 aromatic carbocycles. The molecule has 1 fully saturated rings. The van der Waals surface area contributed by atoms with Crippen molar-refractivity contribution in [1.29, 1.82) is 0 Å². The van der Waals surface area contributed by atoms with E-state index >= 15 is 0 Å². The van der Waals surface area contributed by atoms with E-state index in [9.17, 15) is 0 Å². The van der Waals surface area contributed by atoms with Crippen LogP contribution in [0.25, 0.3) is 21.9 Å². The number of hydrogen-bond acceptors (Lipinski definition) is 5. The molecule has 128 valence electrons. The number of β-amino-alcohol motifs (C(OH)–C–C–N with tert-alkyl or cyclic N) is 1. The van der Waals surface area contributed by atoms with Crippen molar-refractivity contribution in [3.8, 4) is 5.88 Å². The first kappa shape index (κ1) is 17.0. The molecule has 1 saturated heterocycles. The molecule has 1 aliphatic heterocycles. The van der Waals surface area contributed by atoms with Gasteiger partial charge in [0.2, 0.25) is 5.88 Å². The Labute approximate surface area is 145 Å². The lowest BCUT2D eigenvalue weighted by Crippen LogP contribution is -2.23. The van der Waals surface area contributed by atoms with Gasteiger partial charge in [-0.15, -0.1) is 0 Å². The summed E-state index contributed by atoms with van der Waals surface area (Å²) >= 11 is 5.96. The quantitative estimate of drug-likeness (QED) is 0.630. The molecule has 0 spiro atoms. The summed E-state index contributed by atoms with van der Waals surface area (Å²) in [5.74, 6) is 0.539. The summed E-state index contributed by atoms with van der Waals surface area (Å²) < 4.78 is 5.17. The molecule has 7 heteroatoms. The first-order chi connectivity index (χ1) is 11.7. The van der Waals surface area contributed by atoms with Crippen molar-refractivity contribution < 1.29 is 9.84 Å². The standard InChI is InChI=1S/C11H8ClN3O.C6H13NO/c1-16-11-10-9(13-5-14-11)7-4-6(12)2-3-8(7)15-10;8-6-3-1-2-4-7-5-6/h2-5,15H,1H3;6-8H,1-5H2/t;6-/m.0/s1. The van der Waals surface area contributed by atoms with Gasteiger partial charge >= 0.3 is 0 Å². The van der Waals surface area contributed by atoms with Gasteiger partial charge in [-0.3, -0.25) is 0 Å². The van der Waals surface area contributed by atoms with Crippen molar-refractivity contribution in [2.75, 3.05) is 20.2 Å². The number of benzene rings is 1. The fraction of sp³-hybridized carbons (Fsp3) is 0.412. The number of aliphatic hydroxyl groups excluding tert-OH is 1. The smallest absolute Gasteiger partial charge is 0.241 e. The number of ether oxygens (including phenoxy) is 1. The Morgan fingerprint density at radius 1 is 1.29 bits per heavy atom. The summed E-state index contributed by atoms with van der Waals surface area (Å²) in [6, 6.07) is 5.63. The zero-order chi connectivity index (χ0) is 16.9. The minimum atomic E-state index is -0.0856. The SMILES string of the molecule is COc1ncnc2c1[nH]c1ccc(Cl)cc12.O[C@H]1CCCCNC1. The number of aliphatic hydroxyl groups is 1. The van der Waals surface area contributed by atoms with Crippen LogP contribution in [0.15, 0.2) is 24.5 Å². The maximum Gasteiger partial charge on any atom is 0.241 e. The van der Waals surface area contributed by atoms with E-state index in [1.807, 2.05) is 18.2 Å². The Bertz CT molecular complexity index is 813. The Morgan fingerprint density at radius 2 is 2.17 bits per heavy atom. The molecule has 0 amide bonds. The summed E-state index contributed by atoms with van der Waals surface area (Å²) in [7, 11) is 1.58. The van der Waals surface area contributed by atoms with Gasteiger partial charge in [0.25, 0.3) is 0 Å². The van der Waals surface area contributed by atoms with E-state index < -0.39 is 0 Å². The number of aromatic nitrogens is 3. The van der Waals surface area contributed by atoms with E-state index in [1.54, 1.807) is 7.11 Å². The van der Waals surface area contributed by atoms with Crippen molar-refractivity contribution in [2.45, 2.75) is 25.4 Å². The van der Waals surface area contributed by atoms with Crippen LogP contribution in [-0.2, 0) is 0 Å². The predicted octanol–water partition coefficient (Wildman–Crippen LogP) is 2.89. The molecule has 0 aliphatic carbocycles. The molecule has 3 heterocycles. The van der Waals surface area contributed by atoms with Crippen molar-refractivity contribution in [3.63, 3.8) is 0 Å². The molecular weight excluding hydrogens is 328 g/mol. The second-order valence-electron chi connectivity index (χ2n) is 5.78. The number of fused-ring (bicyclic) bond motifs is 3. The zero-order valence-electron chi connectivity index (χ0n) is 13.6. The van der Waals surface area contributed by atoms with Gasteiger partial charge in [-0.05, 0) is 44.0 Å². The van der Waals surface area contributed by atoms with E-state index in [4.69, 9.17) is 21.4 Å². The second kappa shape index (κ2) is 7.79. The van der Waals surface area contributed by atoms with Crippen LogP contribution < -0.4 is 10.1 Å². The average Bonchev–Trinajstić information content (AvgIpc) is 2.78. The number of nitrogens with one attached hydrogen (secondary N) is 2. The third-order valence-corrected chi connectivity index (χ3v) is 4.26. The highest BCUT2D eigenvalue weighted by molar-refractivity contribution is 6.31. The average molecular weight is 349 g/mol. The van der Waals surface area contributed by atoms with Crippen molar-refractivity contribution in [2.24, 2.45) is 0 Å². The van der Waals surface area contributed by atoms with E-state index in [2.05, 4.69) is 20.3 Å². The van der Waals surface area contributed by atoms with Gasteiger partial charge in [0, 0.05) is 22.5 Å². The highest BCUT2D eigenvalue weighted by Gasteiger charge is 2.10. The van der Waals surface area contributed by atoms with Crippen LogP contribution in [-0.4, -0.2) is 46.4 Å². The predicted molar refractivity (Wildman–Crippen MR) is 95.7 cm³/mol. The molecule has 4 rings (SSSR count). The molecule has 0 radical (unpaired) electrons. The maximum atomic E-state index is 9.03. The number of H-pyrrole nitrogens is 1. The zero-order valence-corrected chi connectivity index (χ0v) is 14.3. The highest BCUT2D eigenvalue weighted by Crippen LogP contribution is 2.29. The van der Waals surface area contributed by atoms with E-state index in [0.29, 0.717) is 10.9 Å². The van der Waals surface area contributed by atoms with Gasteiger partial charge in [0.05, 0.1) is 13.2 Å². The lowest BCUT2D eigenvalue weighted by Gasteiger charge is -2.03. The minimum Gasteiger partial charge on any atom is -0.479 e. The van der Waals surface area contributed by atoms with Gasteiger partial charge in [-0.2, -0.15) is 4.98 Å². The Morgan fingerprint density at radius 3 is 3.00 bits per heavy atom. The molecule has 24 heavy (non-hydrogen) atoms. The third-order valence-electron chi connectivity index (χ3n) is 4.02. The monoisotopic (exact) mass is 348 g/mol. The molecule has 3 N–H and O–H groups in total. The van der Waals surface area contributed by atoms with Crippen LogP contribution in [0.4, 0.5) is 0 Å². The van der Waals surface area contributed by atoms with Crippen LogP contribution in [0.3, 0.4) is 0 Å². The molecule has 1 atom stereocenters. The second-order valence-corrected chi connectivity index (χ2v) is 6.21. The number of hydrogen-bond donors (Lipinski definition) is 3. The summed E-state index contributed by atoms with van der Waals surface area (Å²) in [6.07, 6.45) is 4.77. The largest absolute Gasteiger partial charge is 0.479 e. The minimum absolute atomic E-state index is 0.0856. The normalized spacial score (nSPS) is 18.0. The molecule has 0 unspecified atom stereocenters. The molecule has 6 nitrogen and oxygen atoms in total. The Balaban J connectivity index is 0.000000179. The first-order valence-electron chi connectivity index (χ1n) is 8.03. The summed E-state index contributed by atoms with van der Waals surface area (Å²) in [6.45, 7) is 1.87. The molecule has 3 aromatic rings. The van der Waals surface area contributed by atoms with Crippen LogP contribution in [0, 0.1) is 0 Å². The molecule has 1 aliphatic rings. The van der Waals surface area contributed by atoms with Gasteiger partial charge in [0.1, 0.15) is 17.4 Å². The van der Waals surface area contributed by atoms with Crippen molar-refractivity contribution >= 4 is 33.5 Å². The summed E-state index contributed by atoms with van der Waals surface area (Å²) in [4.78, 5) is 11.5. The van der Waals surface area contributed by atoms with Crippen molar-refractivity contribution in [3.05, 3.63) is 29.5 Å². The van der Waals surface area contributed by atoms with Gasteiger partial charge in [-0.25, -0.2) is 4.98 Å². The van der Waals surface area contributed by atoms with E-state index in [-0.39, 0.29) is 6.10 Å². The van der Waals surface area contributed by atoms with Crippen molar-refractivity contribution in [1.82, 2.24) is 20.3 Å². The fourth-order valence-corrected chi connectivity index (χ4v) is 2.97. The van der Waals surface area contributed by atoms with Crippen LogP contribution in [0.1, 0.15) is 19.3 Å². The van der Waals surface area contributed by atoms with E-state index in [1.165, 1.54) is 19.2 Å². The maximum absolute atomic E-state index is 9.03. The Hall–Kier alpha value is -1.89. The third kappa shape index (κ3) is 3.77.